The van der Waals surface area contributed by atoms with E-state index >= 15 is 0 Å². The van der Waals surface area contributed by atoms with Crippen LogP contribution in [-0.4, -0.2) is 29.6 Å². The molecule has 9 nitrogen and oxygen atoms in total. The Morgan fingerprint density at radius 3 is 2.55 bits per heavy atom. The van der Waals surface area contributed by atoms with E-state index in [2.05, 4.69) is 27.5 Å². The predicted molar refractivity (Wildman–Crippen MR) is 185 cm³/mol. The Hall–Kier alpha value is -5.30. The number of aryl methyl sites for hydroxylation is 3. The number of amides is 1. The van der Waals surface area contributed by atoms with Gasteiger partial charge in [0.2, 0.25) is 0 Å². The lowest BCUT2D eigenvalue weighted by Gasteiger charge is -2.08. The molecule has 3 aromatic heterocycles. The number of hydrogen-bond acceptors (Lipinski definition) is 6. The van der Waals surface area contributed by atoms with E-state index in [1.54, 1.807) is 18.4 Å². The van der Waals surface area contributed by atoms with Crippen LogP contribution in [-0.2, 0) is 25.8 Å². The van der Waals surface area contributed by atoms with Gasteiger partial charge in [0, 0.05) is 47.0 Å². The zero-order chi connectivity index (χ0) is 45.4. The number of nitrogens with two attached hydrogens (primary N) is 1. The summed E-state index contributed by atoms with van der Waals surface area (Å²) in [5, 5.41) is 3.15. The summed E-state index contributed by atoms with van der Waals surface area (Å²) in [6.45, 7) is -1.04. The minimum Gasteiger partial charge on any atom is -0.493 e. The number of rotatable bonds is 4. The topological polar surface area (TPSA) is 108 Å². The van der Waals surface area contributed by atoms with E-state index in [0.29, 0.717) is 28.1 Å². The third-order valence-corrected chi connectivity index (χ3v) is 6.79. The van der Waals surface area contributed by atoms with Gasteiger partial charge in [-0.3, -0.25) is 9.20 Å². The normalized spacial score (nSPS) is 23.5. The van der Waals surface area contributed by atoms with Crippen molar-refractivity contribution in [1.29, 1.82) is 1.17 Å². The predicted octanol–water partition coefficient (Wildman–Crippen LogP) is 7.30. The highest BCUT2D eigenvalue weighted by Crippen LogP contribution is 2.27. The third kappa shape index (κ3) is 7.58. The van der Waals surface area contributed by atoms with Crippen molar-refractivity contribution >= 4 is 40.5 Å². The average Bonchev–Trinajstić information content (AvgIpc) is 3.97. The summed E-state index contributed by atoms with van der Waals surface area (Å²) in [5.41, 5.74) is 6.93. The second kappa shape index (κ2) is 14.9. The molecule has 0 saturated carbocycles. The van der Waals surface area contributed by atoms with Crippen LogP contribution < -0.4 is 20.5 Å². The number of carbonyl (C=O) groups is 1. The molecule has 240 valence electrons. The molecule has 0 radical (unpaired) electrons. The zero-order valence-electron chi connectivity index (χ0n) is 38.7. The summed E-state index contributed by atoms with van der Waals surface area (Å²) < 4.78 is 123. The Morgan fingerprint density at radius 2 is 1.85 bits per heavy atom. The number of aromatic nitrogens is 2. The van der Waals surface area contributed by atoms with Gasteiger partial charge in [-0.05, 0) is 84.0 Å². The third-order valence-electron chi connectivity index (χ3n) is 6.79. The molecule has 2 aliphatic heterocycles. The molecule has 3 N–H and O–H groups in total. The molecule has 6 aromatic rings. The van der Waals surface area contributed by atoms with Crippen molar-refractivity contribution in [1.82, 2.24) is 14.7 Å². The first-order chi connectivity index (χ1) is 28.5. The van der Waals surface area contributed by atoms with E-state index in [0.717, 1.165) is 15.4 Å². The Labute approximate surface area is 299 Å². The van der Waals surface area contributed by atoms with Gasteiger partial charge in [0.1, 0.15) is 29.6 Å². The van der Waals surface area contributed by atoms with Crippen LogP contribution in [0.3, 0.4) is 0 Å². The maximum absolute atomic E-state index is 13.2. The Kier molecular flexibility index (Phi) is 6.13. The molecule has 3 aromatic carbocycles. The number of imidazole rings is 1. The molecule has 5 heterocycles. The van der Waals surface area contributed by atoms with Crippen LogP contribution in [0.1, 0.15) is 61.8 Å². The first kappa shape index (κ1) is 19.4. The lowest BCUT2D eigenvalue weighted by Crippen LogP contribution is -2.25. The van der Waals surface area contributed by atoms with Crippen molar-refractivity contribution in [2.24, 2.45) is 5.73 Å². The van der Waals surface area contributed by atoms with E-state index in [4.69, 9.17) is 45.2 Å². The highest BCUT2D eigenvalue weighted by atomic mass is 35.5. The number of pyridine rings is 1. The molecule has 0 bridgehead atoms. The van der Waals surface area contributed by atoms with Crippen LogP contribution in [0.25, 0.3) is 21.5 Å². The van der Waals surface area contributed by atoms with Gasteiger partial charge in [0.25, 0.3) is 5.91 Å². The van der Waals surface area contributed by atoms with Crippen LogP contribution in [0, 0.1) is 20.3 Å². The molecule has 47 heavy (non-hydrogen) atoms. The number of ether oxygens (including phenoxy) is 2. The molecule has 4 atom stereocenters. The standard InChI is InChI=1S/C19H19N3O2.C9H5NO.C9H11NO.ClH/c1-12-5-7-22-17(9-12)21-13(2)18(22)19(23)20-11-14-3-4-16-15(10-14)6-8-24-16;1-10-8-2-3-9-7(6-8)4-5-11-9;10-6-7-1-2-9-8(5-7)3-4-11-9;/h3-5,7,9-10H,6,8,11H2,1-2H3,(H,20,23);2-6H;1-2,5H,3-4,6,10H2;1H/i2D3,5D,6D,8D,9D,11D2;;3D,4D,6D2;/hD. The fourth-order valence-electron chi connectivity index (χ4n) is 4.54. The Bertz CT molecular complexity index is 2630. The van der Waals surface area contributed by atoms with Crippen LogP contribution in [0.15, 0.2) is 89.6 Å². The minimum absolute atomic E-state index is 0.0213. The number of furan rings is 1. The summed E-state index contributed by atoms with van der Waals surface area (Å²) in [6, 6.07) is 15.6. The Morgan fingerprint density at radius 1 is 1.13 bits per heavy atom. The lowest BCUT2D eigenvalue weighted by molar-refractivity contribution is 0.0944. The van der Waals surface area contributed by atoms with Crippen molar-refractivity contribution in [3.05, 3.63) is 136 Å². The average molecular weight is 664 g/mol. The molecule has 0 saturated heterocycles. The molecule has 0 fully saturated rings. The van der Waals surface area contributed by atoms with Gasteiger partial charge in [0.15, 0.2) is 5.69 Å². The van der Waals surface area contributed by atoms with Gasteiger partial charge in [-0.15, -0.1) is 12.3 Å². The molecular formula is C37H36ClN5O4. The molecule has 0 aliphatic carbocycles. The number of benzene rings is 3. The van der Waals surface area contributed by atoms with Crippen LogP contribution in [0.5, 0.6) is 11.5 Å². The molecule has 8 rings (SSSR count). The summed E-state index contributed by atoms with van der Waals surface area (Å²) in [6.07, 6.45) is 0.962. The fraction of sp³-hybridized carbons (Fsp3) is 0.216. The van der Waals surface area contributed by atoms with Gasteiger partial charge in [-0.25, -0.2) is 9.83 Å². The van der Waals surface area contributed by atoms with Crippen LogP contribution >= 0.6 is 12.3 Å². The maximum Gasteiger partial charge on any atom is 0.270 e. The number of nitrogens with one attached hydrogen (secondary N) is 1. The van der Waals surface area contributed by atoms with E-state index in [-0.39, 0.29) is 34.6 Å². The number of hydrogen-bond donors (Lipinski definition) is 2. The fourth-order valence-corrected chi connectivity index (χ4v) is 4.54. The number of nitrogens with zero attached hydrogens (tertiary/aromatic N) is 3. The highest BCUT2D eigenvalue weighted by Gasteiger charge is 2.17. The van der Waals surface area contributed by atoms with E-state index in [1.165, 1.54) is 43.5 Å². The van der Waals surface area contributed by atoms with Gasteiger partial charge in [0.05, 0.1) is 39.9 Å². The monoisotopic (exact) mass is 663 g/mol. The van der Waals surface area contributed by atoms with E-state index in [9.17, 15) is 4.79 Å². The number of halogens is 1. The van der Waals surface area contributed by atoms with Crippen molar-refractivity contribution in [3.8, 4) is 11.5 Å². The molecule has 10 heteroatoms. The lowest BCUT2D eigenvalue weighted by atomic mass is 10.1. The van der Waals surface area contributed by atoms with E-state index in [1.807, 2.05) is 18.2 Å². The van der Waals surface area contributed by atoms with Gasteiger partial charge < -0.3 is 24.9 Å². The molecular weight excluding hydrogens is 614 g/mol. The zero-order valence-corrected chi connectivity index (χ0v) is 25.4. The summed E-state index contributed by atoms with van der Waals surface area (Å²) in [7, 11) is 0. The second-order valence-corrected chi connectivity index (χ2v) is 9.85. The largest absolute Gasteiger partial charge is 0.493 e. The first-order valence-electron chi connectivity index (χ1n) is 21.0. The minimum atomic E-state index is -2.83. The van der Waals surface area contributed by atoms with Crippen molar-refractivity contribution in [2.75, 3.05) is 13.2 Å². The first-order valence-corrected chi connectivity index (χ1v) is 13.8. The molecule has 4 unspecified atom stereocenters. The summed E-state index contributed by atoms with van der Waals surface area (Å²) >= 11 is 3.89. The smallest absolute Gasteiger partial charge is 0.270 e. The highest BCUT2D eigenvalue weighted by molar-refractivity contribution is 5.94. The van der Waals surface area contributed by atoms with Crippen LogP contribution in [0.4, 0.5) is 5.69 Å². The van der Waals surface area contributed by atoms with Gasteiger partial charge in [-0.2, -0.15) is 0 Å². The SMILES string of the molecule is [2H]C1Oc2ccc(C([2H])([2H])N)cc2C1[2H].[2H]Cl.[2H]c1cn2c(C(=O)NC([2H])([2H])c3ccc4c(c3)C([2H])C([2H])O4)c(C([2H])([2H])[2H])nc2c([2H])c1C.[C-]#[N+]c1ccc2occc2c1. The number of fused-ring (bicyclic) bond motifs is 4. The quantitative estimate of drug-likeness (QED) is 0.192. The second-order valence-electron chi connectivity index (χ2n) is 9.85. The van der Waals surface area contributed by atoms with Gasteiger partial charge in [-0.1, -0.05) is 30.3 Å². The molecule has 1 amide bonds. The van der Waals surface area contributed by atoms with Crippen molar-refractivity contribution in [2.45, 2.75) is 39.6 Å². The van der Waals surface area contributed by atoms with Gasteiger partial charge >= 0.3 is 0 Å². The summed E-state index contributed by atoms with van der Waals surface area (Å²) in [4.78, 5) is 20.4. The molecule has 0 spiro atoms. The maximum atomic E-state index is 13.2. The van der Waals surface area contributed by atoms with Crippen molar-refractivity contribution < 1.29 is 36.5 Å². The number of carbonyl (C=O) groups excluding carboxylic acids is 1. The molecule has 2 aliphatic rings. The Balaban J connectivity index is 0.000000205. The van der Waals surface area contributed by atoms with Crippen LogP contribution in [0.2, 0.25) is 0 Å². The van der Waals surface area contributed by atoms with Crippen molar-refractivity contribution in [3.63, 3.8) is 0 Å². The van der Waals surface area contributed by atoms with E-state index < -0.39 is 63.1 Å². The summed E-state index contributed by atoms with van der Waals surface area (Å²) in [5.74, 6) is -0.338.